The fraction of sp³-hybridized carbons (Fsp3) is 0.444. The van der Waals surface area contributed by atoms with Crippen molar-refractivity contribution >= 4 is 35.0 Å². The van der Waals surface area contributed by atoms with E-state index in [0.717, 1.165) is 0 Å². The first-order valence-electron chi connectivity index (χ1n) is 8.00. The number of rotatable bonds is 3. The molecule has 132 valence electrons. The number of halogens is 1. The van der Waals surface area contributed by atoms with Crippen LogP contribution in [0.2, 0.25) is 5.02 Å². The van der Waals surface area contributed by atoms with Crippen molar-refractivity contribution in [1.29, 1.82) is 0 Å². The van der Waals surface area contributed by atoms with E-state index in [4.69, 9.17) is 11.6 Å². The quantitative estimate of drug-likeness (QED) is 0.638. The second-order valence-corrected chi connectivity index (χ2v) is 7.84. The zero-order valence-corrected chi connectivity index (χ0v) is 15.0. The number of ketones is 1. The van der Waals surface area contributed by atoms with Crippen LogP contribution in [0.25, 0.3) is 0 Å². The highest BCUT2D eigenvalue weighted by atomic mass is 35.5. The summed E-state index contributed by atoms with van der Waals surface area (Å²) in [6.45, 7) is 5.42. The van der Waals surface area contributed by atoms with Crippen LogP contribution in [-0.4, -0.2) is 28.5 Å². The second-order valence-electron chi connectivity index (χ2n) is 7.40. The molecule has 0 spiro atoms. The highest BCUT2D eigenvalue weighted by Crippen LogP contribution is 2.69. The third-order valence-electron chi connectivity index (χ3n) is 6.31. The normalized spacial score (nSPS) is 31.4. The van der Waals surface area contributed by atoms with Crippen molar-refractivity contribution in [1.82, 2.24) is 5.43 Å². The van der Waals surface area contributed by atoms with Gasteiger partial charge in [0.1, 0.15) is 11.1 Å². The molecule has 0 radical (unpaired) electrons. The number of nitrogens with one attached hydrogen (secondary N) is 1. The van der Waals surface area contributed by atoms with E-state index in [2.05, 4.69) is 10.5 Å². The van der Waals surface area contributed by atoms with E-state index < -0.39 is 33.9 Å². The van der Waals surface area contributed by atoms with Gasteiger partial charge in [0.25, 0.3) is 5.91 Å². The van der Waals surface area contributed by atoms with E-state index in [1.165, 1.54) is 0 Å². The molecule has 2 N–H and O–H groups in total. The maximum atomic E-state index is 12.9. The Hall–Kier alpha value is -2.21. The van der Waals surface area contributed by atoms with Gasteiger partial charge in [-0.3, -0.25) is 14.4 Å². The number of aliphatic carboxylic acids is 1. The average Bonchev–Trinajstić information content (AvgIpc) is 2.82. The number of hydrazone groups is 1. The number of Topliss-reactive ketones (excluding diaryl/α,β-unsaturated/α-hetero) is 1. The van der Waals surface area contributed by atoms with Gasteiger partial charge in [-0.2, -0.15) is 5.10 Å². The Kier molecular flexibility index (Phi) is 3.80. The zero-order valence-electron chi connectivity index (χ0n) is 14.2. The van der Waals surface area contributed by atoms with Gasteiger partial charge in [0.05, 0.1) is 0 Å². The second kappa shape index (κ2) is 5.39. The Labute approximate surface area is 150 Å². The van der Waals surface area contributed by atoms with E-state index in [-0.39, 0.29) is 12.1 Å². The van der Waals surface area contributed by atoms with Gasteiger partial charge < -0.3 is 5.11 Å². The SMILES string of the molecule is CC1(C)[C@@]2(C(=O)O)CC[C@]1(C)/C(=N\NC(=O)c1ccc(Cl)cc1)C2=O. The highest BCUT2D eigenvalue weighted by molar-refractivity contribution is 6.50. The lowest BCUT2D eigenvalue weighted by atomic mass is 9.65. The minimum Gasteiger partial charge on any atom is -0.480 e. The summed E-state index contributed by atoms with van der Waals surface area (Å²) in [6, 6.07) is 6.25. The summed E-state index contributed by atoms with van der Waals surface area (Å²) in [4.78, 5) is 37.0. The number of nitrogens with zero attached hydrogens (tertiary/aromatic N) is 1. The Morgan fingerprint density at radius 1 is 1.16 bits per heavy atom. The number of benzene rings is 1. The Balaban J connectivity index is 1.94. The standard InChI is InChI=1S/C18H19ClN2O4/c1-16(2)17(3)8-9-18(16,15(24)25)13(22)12(17)20-21-14(23)10-4-6-11(19)7-5-10/h4-7H,8-9H2,1-3H3,(H,21,23)(H,24,25)/b20-12-/t17-,18+/m1/s1. The van der Waals surface area contributed by atoms with Gasteiger partial charge in [-0.05, 0) is 42.5 Å². The van der Waals surface area contributed by atoms with Gasteiger partial charge in [-0.1, -0.05) is 32.4 Å². The molecule has 0 aromatic heterocycles. The van der Waals surface area contributed by atoms with Crippen molar-refractivity contribution in [2.45, 2.75) is 33.6 Å². The molecular formula is C18H19ClN2O4. The van der Waals surface area contributed by atoms with E-state index in [1.807, 2.05) is 6.92 Å². The summed E-state index contributed by atoms with van der Waals surface area (Å²) in [5.74, 6) is -2.11. The number of fused-ring (bicyclic) bond motifs is 2. The fourth-order valence-corrected chi connectivity index (χ4v) is 4.34. The molecule has 1 aromatic rings. The van der Waals surface area contributed by atoms with Crippen molar-refractivity contribution in [3.63, 3.8) is 0 Å². The maximum Gasteiger partial charge on any atom is 0.318 e. The van der Waals surface area contributed by atoms with Gasteiger partial charge in [-0.15, -0.1) is 0 Å². The van der Waals surface area contributed by atoms with Crippen molar-refractivity contribution in [3.05, 3.63) is 34.9 Å². The first kappa shape index (κ1) is 17.6. The van der Waals surface area contributed by atoms with Crippen LogP contribution >= 0.6 is 11.6 Å². The fourth-order valence-electron chi connectivity index (χ4n) is 4.22. The molecule has 0 unspecified atom stereocenters. The predicted molar refractivity (Wildman–Crippen MR) is 92.6 cm³/mol. The number of hydrogen-bond acceptors (Lipinski definition) is 4. The molecule has 1 amide bonds. The van der Waals surface area contributed by atoms with Gasteiger partial charge in [0.15, 0.2) is 5.78 Å². The minimum atomic E-state index is -1.48. The maximum absolute atomic E-state index is 12.9. The van der Waals surface area contributed by atoms with Gasteiger partial charge >= 0.3 is 5.97 Å². The molecule has 3 rings (SSSR count). The number of hydrogen-bond donors (Lipinski definition) is 2. The lowest BCUT2D eigenvalue weighted by Gasteiger charge is -2.36. The van der Waals surface area contributed by atoms with Gasteiger partial charge in [-0.25, -0.2) is 5.43 Å². The monoisotopic (exact) mass is 362 g/mol. The highest BCUT2D eigenvalue weighted by Gasteiger charge is 2.77. The summed E-state index contributed by atoms with van der Waals surface area (Å²) in [6.07, 6.45) is 0.822. The van der Waals surface area contributed by atoms with Crippen molar-refractivity contribution in [2.75, 3.05) is 0 Å². The lowest BCUT2D eigenvalue weighted by molar-refractivity contribution is -0.158. The summed E-state index contributed by atoms with van der Waals surface area (Å²) < 4.78 is 0. The molecule has 0 aliphatic heterocycles. The number of carboxylic acids is 1. The van der Waals surface area contributed by atoms with Gasteiger partial charge in [0.2, 0.25) is 0 Å². The van der Waals surface area contributed by atoms with E-state index >= 15 is 0 Å². The average molecular weight is 363 g/mol. The number of carboxylic acid groups (broad SMARTS) is 1. The minimum absolute atomic E-state index is 0.133. The van der Waals surface area contributed by atoms with E-state index in [9.17, 15) is 19.5 Å². The van der Waals surface area contributed by atoms with Crippen LogP contribution in [-0.2, 0) is 9.59 Å². The molecule has 6 nitrogen and oxygen atoms in total. The number of amides is 1. The van der Waals surface area contributed by atoms with Crippen LogP contribution in [0.4, 0.5) is 0 Å². The van der Waals surface area contributed by atoms with Crippen LogP contribution in [0.15, 0.2) is 29.4 Å². The third kappa shape index (κ3) is 2.10. The molecule has 0 saturated heterocycles. The summed E-state index contributed by atoms with van der Waals surface area (Å²) in [5, 5.41) is 14.3. The summed E-state index contributed by atoms with van der Waals surface area (Å²) in [7, 11) is 0. The first-order valence-corrected chi connectivity index (χ1v) is 8.38. The van der Waals surface area contributed by atoms with Crippen LogP contribution < -0.4 is 5.43 Å². The Morgan fingerprint density at radius 3 is 2.28 bits per heavy atom. The molecule has 2 bridgehead atoms. The number of carbonyl (C=O) groups excluding carboxylic acids is 2. The Bertz CT molecular complexity index is 815. The first-order chi connectivity index (χ1) is 11.6. The van der Waals surface area contributed by atoms with Crippen molar-refractivity contribution < 1.29 is 19.5 Å². The van der Waals surface area contributed by atoms with Crippen LogP contribution in [0.3, 0.4) is 0 Å². The molecule has 0 heterocycles. The molecule has 2 atom stereocenters. The zero-order chi connectivity index (χ0) is 18.6. The van der Waals surface area contributed by atoms with Crippen LogP contribution in [0.1, 0.15) is 44.0 Å². The smallest absolute Gasteiger partial charge is 0.318 e. The molecule has 2 aliphatic rings. The topological polar surface area (TPSA) is 95.8 Å². The van der Waals surface area contributed by atoms with Crippen molar-refractivity contribution in [3.8, 4) is 0 Å². The molecular weight excluding hydrogens is 344 g/mol. The lowest BCUT2D eigenvalue weighted by Crippen LogP contribution is -2.44. The molecule has 1 aromatic carbocycles. The predicted octanol–water partition coefficient (Wildman–Crippen LogP) is 2.91. The molecule has 25 heavy (non-hydrogen) atoms. The molecule has 2 fully saturated rings. The van der Waals surface area contributed by atoms with Crippen molar-refractivity contribution in [2.24, 2.45) is 21.3 Å². The molecule has 7 heteroatoms. The largest absolute Gasteiger partial charge is 0.480 e. The van der Waals surface area contributed by atoms with Gasteiger partial charge in [0, 0.05) is 16.0 Å². The summed E-state index contributed by atoms with van der Waals surface area (Å²) >= 11 is 5.79. The summed E-state index contributed by atoms with van der Waals surface area (Å²) in [5.41, 5.74) is -0.0956. The van der Waals surface area contributed by atoms with E-state index in [1.54, 1.807) is 38.1 Å². The van der Waals surface area contributed by atoms with Crippen LogP contribution in [0, 0.1) is 16.2 Å². The molecule has 2 saturated carbocycles. The van der Waals surface area contributed by atoms with Crippen LogP contribution in [0.5, 0.6) is 0 Å². The molecule has 2 aliphatic carbocycles. The third-order valence-corrected chi connectivity index (χ3v) is 6.56. The Morgan fingerprint density at radius 2 is 1.76 bits per heavy atom. The number of carbonyl (C=O) groups is 3. The van der Waals surface area contributed by atoms with E-state index in [0.29, 0.717) is 17.0 Å².